The Bertz CT molecular complexity index is 331. The molecule has 0 aliphatic rings. The number of phosphoric ester groups is 1. The molecule has 0 bridgehead atoms. The molecule has 0 aromatic heterocycles. The number of hydrogen-bond acceptors (Lipinski definition) is 4. The monoisotopic (exact) mass is 350 g/mol. The van der Waals surface area contributed by atoms with Gasteiger partial charge in [-0.15, -0.1) is 0 Å². The largest absolute Gasteiger partial charge is 0.474 e. The summed E-state index contributed by atoms with van der Waals surface area (Å²) in [6, 6.07) is 0. The van der Waals surface area contributed by atoms with Crippen molar-refractivity contribution < 1.29 is 18.1 Å². The van der Waals surface area contributed by atoms with Crippen LogP contribution in [0.2, 0.25) is 0 Å². The molecule has 140 valence electrons. The molecule has 0 aromatic carbocycles. The SMILES string of the molecule is CCC(C)(C)COP(=O)(OCC(C)(C)CC)OCC(C)(C)CC. The zero-order valence-corrected chi connectivity index (χ0v) is 17.7. The van der Waals surface area contributed by atoms with E-state index >= 15 is 0 Å². The first-order valence-electron chi connectivity index (χ1n) is 8.84. The van der Waals surface area contributed by atoms with Crippen LogP contribution >= 0.6 is 7.82 Å². The summed E-state index contributed by atoms with van der Waals surface area (Å²) in [5, 5.41) is 0. The van der Waals surface area contributed by atoms with Gasteiger partial charge in [-0.05, 0) is 35.5 Å². The summed E-state index contributed by atoms with van der Waals surface area (Å²) in [5.74, 6) is 0. The van der Waals surface area contributed by atoms with Gasteiger partial charge in [-0.2, -0.15) is 0 Å². The van der Waals surface area contributed by atoms with Crippen molar-refractivity contribution in [1.29, 1.82) is 0 Å². The Hall–Kier alpha value is 0.110. The topological polar surface area (TPSA) is 44.8 Å². The van der Waals surface area contributed by atoms with E-state index in [9.17, 15) is 4.57 Å². The zero-order chi connectivity index (χ0) is 18.4. The number of rotatable bonds is 12. The van der Waals surface area contributed by atoms with Crippen LogP contribution in [0.5, 0.6) is 0 Å². The van der Waals surface area contributed by atoms with Crippen LogP contribution in [-0.4, -0.2) is 19.8 Å². The first kappa shape index (κ1) is 23.1. The zero-order valence-electron chi connectivity index (χ0n) is 16.8. The van der Waals surface area contributed by atoms with E-state index in [4.69, 9.17) is 13.6 Å². The predicted molar refractivity (Wildman–Crippen MR) is 97.7 cm³/mol. The van der Waals surface area contributed by atoms with E-state index in [1.807, 2.05) is 0 Å². The Morgan fingerprint density at radius 1 is 0.609 bits per heavy atom. The normalized spacial score (nSPS) is 14.3. The lowest BCUT2D eigenvalue weighted by atomic mass is 9.92. The maximum atomic E-state index is 13.0. The molecule has 5 heteroatoms. The molecule has 0 aliphatic heterocycles. The van der Waals surface area contributed by atoms with E-state index in [0.29, 0.717) is 19.8 Å². The van der Waals surface area contributed by atoms with Gasteiger partial charge in [0.25, 0.3) is 0 Å². The van der Waals surface area contributed by atoms with Crippen molar-refractivity contribution in [3.8, 4) is 0 Å². The summed E-state index contributed by atoms with van der Waals surface area (Å²) >= 11 is 0. The molecule has 0 aromatic rings. The number of hydrogen-bond donors (Lipinski definition) is 0. The molecule has 0 aliphatic carbocycles. The highest BCUT2D eigenvalue weighted by atomic mass is 31.2. The Morgan fingerprint density at radius 2 is 0.826 bits per heavy atom. The van der Waals surface area contributed by atoms with E-state index < -0.39 is 7.82 Å². The van der Waals surface area contributed by atoms with Crippen LogP contribution in [-0.2, 0) is 18.1 Å². The number of phosphoric acid groups is 1. The van der Waals surface area contributed by atoms with Crippen LogP contribution < -0.4 is 0 Å². The summed E-state index contributed by atoms with van der Waals surface area (Å²) in [6.45, 7) is 19.9. The van der Waals surface area contributed by atoms with Gasteiger partial charge in [0, 0.05) is 0 Å². The minimum atomic E-state index is -3.55. The van der Waals surface area contributed by atoms with Crippen molar-refractivity contribution in [3.05, 3.63) is 0 Å². The van der Waals surface area contributed by atoms with Crippen molar-refractivity contribution in [3.63, 3.8) is 0 Å². The quantitative estimate of drug-likeness (QED) is 0.379. The summed E-state index contributed by atoms with van der Waals surface area (Å²) in [5.41, 5.74) is -0.158. The third kappa shape index (κ3) is 9.86. The molecule has 0 rings (SSSR count). The van der Waals surface area contributed by atoms with E-state index in [1.165, 1.54) is 0 Å². The Labute approximate surface area is 144 Å². The van der Waals surface area contributed by atoms with Crippen LogP contribution in [0.15, 0.2) is 0 Å². The second-order valence-electron chi connectivity index (χ2n) is 8.82. The Morgan fingerprint density at radius 3 is 1.00 bits per heavy atom. The molecule has 4 nitrogen and oxygen atoms in total. The predicted octanol–water partition coefficient (Wildman–Crippen LogP) is 6.45. The summed E-state index contributed by atoms with van der Waals surface area (Å²) in [4.78, 5) is 0. The molecule has 0 fully saturated rings. The fourth-order valence-corrected chi connectivity index (χ4v) is 2.93. The third-order valence-electron chi connectivity index (χ3n) is 4.71. The first-order valence-corrected chi connectivity index (χ1v) is 10.3. The Kier molecular flexibility index (Phi) is 9.03. The molecule has 0 N–H and O–H groups in total. The van der Waals surface area contributed by atoms with Crippen LogP contribution in [0.4, 0.5) is 0 Å². The molecule has 0 spiro atoms. The highest BCUT2D eigenvalue weighted by Crippen LogP contribution is 2.53. The van der Waals surface area contributed by atoms with Crippen LogP contribution in [0, 0.1) is 16.2 Å². The van der Waals surface area contributed by atoms with Crippen molar-refractivity contribution in [2.24, 2.45) is 16.2 Å². The summed E-state index contributed by atoms with van der Waals surface area (Å²) in [7, 11) is -3.55. The molecular formula is C18H39O4P. The van der Waals surface area contributed by atoms with E-state index in [0.717, 1.165) is 19.3 Å². The lowest BCUT2D eigenvalue weighted by molar-refractivity contribution is 0.0401. The first-order chi connectivity index (χ1) is 10.3. The van der Waals surface area contributed by atoms with Gasteiger partial charge in [0.1, 0.15) is 0 Å². The molecule has 0 radical (unpaired) electrons. The summed E-state index contributed by atoms with van der Waals surface area (Å²) in [6.07, 6.45) is 2.82. The highest BCUT2D eigenvalue weighted by molar-refractivity contribution is 7.48. The average Bonchev–Trinajstić information content (AvgIpc) is 2.50. The standard InChI is InChI=1S/C18H39O4P/c1-10-16(4,5)13-20-23(19,21-14-17(6,7)11-2)22-15-18(8,9)12-3/h10-15H2,1-9H3. The molecule has 0 amide bonds. The highest BCUT2D eigenvalue weighted by Gasteiger charge is 2.34. The van der Waals surface area contributed by atoms with Gasteiger partial charge >= 0.3 is 7.82 Å². The van der Waals surface area contributed by atoms with E-state index in [-0.39, 0.29) is 16.2 Å². The van der Waals surface area contributed by atoms with Gasteiger partial charge in [0.05, 0.1) is 19.8 Å². The van der Waals surface area contributed by atoms with Crippen LogP contribution in [0.1, 0.15) is 81.6 Å². The minimum Gasteiger partial charge on any atom is -0.286 e. The molecule has 0 saturated carbocycles. The summed E-state index contributed by atoms with van der Waals surface area (Å²) < 4.78 is 30.1. The van der Waals surface area contributed by atoms with E-state index in [2.05, 4.69) is 62.3 Å². The third-order valence-corrected chi connectivity index (χ3v) is 6.05. The van der Waals surface area contributed by atoms with Gasteiger partial charge in [0.15, 0.2) is 0 Å². The van der Waals surface area contributed by atoms with Crippen LogP contribution in [0.25, 0.3) is 0 Å². The molecule has 0 saturated heterocycles. The van der Waals surface area contributed by atoms with Gasteiger partial charge in [-0.3, -0.25) is 13.6 Å². The lowest BCUT2D eigenvalue weighted by Crippen LogP contribution is -2.23. The van der Waals surface area contributed by atoms with Crippen molar-refractivity contribution in [1.82, 2.24) is 0 Å². The maximum Gasteiger partial charge on any atom is 0.474 e. The second-order valence-corrected chi connectivity index (χ2v) is 10.5. The second kappa shape index (κ2) is 8.99. The molecule has 23 heavy (non-hydrogen) atoms. The molecular weight excluding hydrogens is 311 g/mol. The Balaban J connectivity index is 4.93. The minimum absolute atomic E-state index is 0.0527. The maximum absolute atomic E-state index is 13.0. The van der Waals surface area contributed by atoms with Gasteiger partial charge in [-0.25, -0.2) is 4.57 Å². The van der Waals surface area contributed by atoms with Gasteiger partial charge in [0.2, 0.25) is 0 Å². The average molecular weight is 350 g/mol. The van der Waals surface area contributed by atoms with Gasteiger partial charge < -0.3 is 0 Å². The molecule has 0 atom stereocenters. The molecule has 0 heterocycles. The fourth-order valence-electron chi connectivity index (χ4n) is 1.18. The van der Waals surface area contributed by atoms with Crippen molar-refractivity contribution in [2.75, 3.05) is 19.8 Å². The van der Waals surface area contributed by atoms with Gasteiger partial charge in [-0.1, -0.05) is 62.3 Å². The molecule has 0 unspecified atom stereocenters. The fraction of sp³-hybridized carbons (Fsp3) is 1.00. The smallest absolute Gasteiger partial charge is 0.286 e. The van der Waals surface area contributed by atoms with Crippen LogP contribution in [0.3, 0.4) is 0 Å². The lowest BCUT2D eigenvalue weighted by Gasteiger charge is -2.30. The van der Waals surface area contributed by atoms with E-state index in [1.54, 1.807) is 0 Å². The van der Waals surface area contributed by atoms with Crippen molar-refractivity contribution in [2.45, 2.75) is 81.6 Å². The van der Waals surface area contributed by atoms with Crippen molar-refractivity contribution >= 4 is 7.82 Å².